The van der Waals surface area contributed by atoms with Crippen molar-refractivity contribution in [1.29, 1.82) is 0 Å². The Labute approximate surface area is 153 Å². The number of carbonyl (C=O) groups is 1. The van der Waals surface area contributed by atoms with Crippen molar-refractivity contribution in [2.24, 2.45) is 0 Å². The molecule has 3 rings (SSSR count). The number of methoxy groups -OCH3 is 1. The number of amides is 1. The maximum absolute atomic E-state index is 12.6. The van der Waals surface area contributed by atoms with Crippen molar-refractivity contribution < 1.29 is 13.9 Å². The van der Waals surface area contributed by atoms with Crippen LogP contribution in [0, 0.1) is 0 Å². The number of para-hydroxylation sites is 1. The summed E-state index contributed by atoms with van der Waals surface area (Å²) in [5.74, 6) is 1.14. The van der Waals surface area contributed by atoms with Gasteiger partial charge in [0.15, 0.2) is 5.76 Å². The molecule has 136 valence electrons. The second-order valence-corrected chi connectivity index (χ2v) is 6.46. The molecule has 0 N–H and O–H groups in total. The summed E-state index contributed by atoms with van der Waals surface area (Å²) in [4.78, 5) is 16.4. The maximum Gasteiger partial charge on any atom is 0.289 e. The fourth-order valence-electron chi connectivity index (χ4n) is 2.82. The number of nitrogens with zero attached hydrogens (tertiary/aromatic N) is 2. The van der Waals surface area contributed by atoms with E-state index >= 15 is 0 Å². The van der Waals surface area contributed by atoms with E-state index in [-0.39, 0.29) is 5.91 Å². The Morgan fingerprint density at radius 3 is 2.46 bits per heavy atom. The number of hydrogen-bond donors (Lipinski definition) is 0. The topological polar surface area (TPSA) is 45.9 Å². The highest BCUT2D eigenvalue weighted by atomic mass is 16.5. The summed E-state index contributed by atoms with van der Waals surface area (Å²) in [6.07, 6.45) is 0. The van der Waals surface area contributed by atoms with Crippen LogP contribution in [0.15, 0.2) is 59.0 Å². The highest BCUT2D eigenvalue weighted by molar-refractivity contribution is 5.95. The molecule has 1 aromatic heterocycles. The van der Waals surface area contributed by atoms with Crippen LogP contribution in [-0.4, -0.2) is 50.0 Å². The first-order valence-corrected chi connectivity index (χ1v) is 8.62. The van der Waals surface area contributed by atoms with Crippen molar-refractivity contribution in [3.05, 3.63) is 65.9 Å². The lowest BCUT2D eigenvalue weighted by Gasteiger charge is -2.21. The normalized spacial score (nSPS) is 11.1. The Morgan fingerprint density at radius 2 is 1.77 bits per heavy atom. The van der Waals surface area contributed by atoms with E-state index in [0.29, 0.717) is 12.3 Å². The lowest BCUT2D eigenvalue weighted by Crippen LogP contribution is -2.34. The molecular weight excluding hydrogens is 328 g/mol. The fraction of sp³-hybridized carbons (Fsp3) is 0.286. The van der Waals surface area contributed by atoms with Gasteiger partial charge in [-0.25, -0.2) is 0 Å². The van der Waals surface area contributed by atoms with Crippen molar-refractivity contribution in [2.75, 3.05) is 34.3 Å². The highest BCUT2D eigenvalue weighted by Gasteiger charge is 2.17. The van der Waals surface area contributed by atoms with Crippen LogP contribution in [0.4, 0.5) is 0 Å². The summed E-state index contributed by atoms with van der Waals surface area (Å²) < 4.78 is 10.8. The van der Waals surface area contributed by atoms with Crippen LogP contribution in [0.2, 0.25) is 0 Å². The number of fused-ring (bicyclic) bond motifs is 1. The summed E-state index contributed by atoms with van der Waals surface area (Å²) in [7, 11) is 5.51. The first-order chi connectivity index (χ1) is 12.6. The van der Waals surface area contributed by atoms with E-state index < -0.39 is 0 Å². The van der Waals surface area contributed by atoms with Gasteiger partial charge >= 0.3 is 0 Å². The third-order valence-corrected chi connectivity index (χ3v) is 4.41. The summed E-state index contributed by atoms with van der Waals surface area (Å²) in [5, 5.41) is 0.945. The molecule has 0 radical (unpaired) electrons. The van der Waals surface area contributed by atoms with Gasteiger partial charge in [0.1, 0.15) is 11.3 Å². The van der Waals surface area contributed by atoms with Gasteiger partial charge in [0.25, 0.3) is 5.91 Å². The van der Waals surface area contributed by atoms with E-state index in [9.17, 15) is 4.79 Å². The van der Waals surface area contributed by atoms with Gasteiger partial charge in [-0.15, -0.1) is 0 Å². The number of likely N-dealkylation sites (N-methyl/N-ethyl adjacent to an activating group) is 2. The quantitative estimate of drug-likeness (QED) is 0.651. The molecule has 1 amide bonds. The van der Waals surface area contributed by atoms with Gasteiger partial charge in [-0.05, 0) is 36.9 Å². The third-order valence-electron chi connectivity index (χ3n) is 4.41. The molecule has 26 heavy (non-hydrogen) atoms. The Balaban J connectivity index is 1.53. The predicted molar refractivity (Wildman–Crippen MR) is 103 cm³/mol. The Kier molecular flexibility index (Phi) is 5.58. The van der Waals surface area contributed by atoms with Gasteiger partial charge in [-0.3, -0.25) is 4.79 Å². The first-order valence-electron chi connectivity index (χ1n) is 8.62. The number of carbonyl (C=O) groups excluding carboxylic acids is 1. The van der Waals surface area contributed by atoms with Crippen LogP contribution in [-0.2, 0) is 6.54 Å². The molecule has 0 saturated carbocycles. The van der Waals surface area contributed by atoms with Crippen molar-refractivity contribution in [3.63, 3.8) is 0 Å². The molecular formula is C21H24N2O3. The third kappa shape index (κ3) is 4.24. The van der Waals surface area contributed by atoms with Crippen LogP contribution in [0.25, 0.3) is 11.0 Å². The van der Waals surface area contributed by atoms with Crippen LogP contribution in [0.3, 0.4) is 0 Å². The predicted octanol–water partition coefficient (Wildman–Crippen LogP) is 3.65. The minimum absolute atomic E-state index is 0.0981. The molecule has 5 nitrogen and oxygen atoms in total. The first kappa shape index (κ1) is 18.0. The zero-order valence-electron chi connectivity index (χ0n) is 15.4. The molecule has 0 spiro atoms. The maximum atomic E-state index is 12.6. The number of ether oxygens (including phenoxy) is 1. The molecule has 0 atom stereocenters. The van der Waals surface area contributed by atoms with E-state index in [1.807, 2.05) is 43.4 Å². The zero-order chi connectivity index (χ0) is 18.5. The summed E-state index contributed by atoms with van der Waals surface area (Å²) >= 11 is 0. The van der Waals surface area contributed by atoms with E-state index in [1.54, 1.807) is 25.1 Å². The second-order valence-electron chi connectivity index (χ2n) is 6.46. The largest absolute Gasteiger partial charge is 0.497 e. The molecule has 0 saturated heterocycles. The van der Waals surface area contributed by atoms with Gasteiger partial charge in [-0.2, -0.15) is 0 Å². The fourth-order valence-corrected chi connectivity index (χ4v) is 2.82. The molecule has 1 heterocycles. The molecule has 5 heteroatoms. The SMILES string of the molecule is COc1ccc(CN(C)CCN(C)C(=O)c2cc3ccccc3o2)cc1. The molecule has 0 bridgehead atoms. The van der Waals surface area contributed by atoms with Crippen LogP contribution in [0.1, 0.15) is 16.1 Å². The van der Waals surface area contributed by atoms with Gasteiger partial charge in [-0.1, -0.05) is 30.3 Å². The summed E-state index contributed by atoms with van der Waals surface area (Å²) in [5.41, 5.74) is 1.94. The standard InChI is InChI=1S/C21H24N2O3/c1-22(15-16-8-10-18(25-3)11-9-16)12-13-23(2)21(24)20-14-17-6-4-5-7-19(17)26-20/h4-11,14H,12-13,15H2,1-3H3. The van der Waals surface area contributed by atoms with E-state index in [0.717, 1.165) is 29.8 Å². The molecule has 2 aromatic carbocycles. The minimum atomic E-state index is -0.0981. The average Bonchev–Trinajstić information content (AvgIpc) is 3.10. The lowest BCUT2D eigenvalue weighted by atomic mass is 10.2. The zero-order valence-corrected chi connectivity index (χ0v) is 15.4. The van der Waals surface area contributed by atoms with Crippen LogP contribution in [0.5, 0.6) is 5.75 Å². The van der Waals surface area contributed by atoms with Gasteiger partial charge in [0.2, 0.25) is 0 Å². The monoisotopic (exact) mass is 352 g/mol. The van der Waals surface area contributed by atoms with Crippen molar-refractivity contribution in [3.8, 4) is 5.75 Å². The summed E-state index contributed by atoms with van der Waals surface area (Å²) in [6, 6.07) is 17.5. The molecule has 3 aromatic rings. The second kappa shape index (κ2) is 8.06. The average molecular weight is 352 g/mol. The van der Waals surface area contributed by atoms with Crippen LogP contribution < -0.4 is 4.74 Å². The Hall–Kier alpha value is -2.79. The molecule has 0 fully saturated rings. The molecule has 0 aliphatic heterocycles. The Bertz CT molecular complexity index is 837. The van der Waals surface area contributed by atoms with E-state index in [1.165, 1.54) is 5.56 Å². The number of hydrogen-bond acceptors (Lipinski definition) is 4. The van der Waals surface area contributed by atoms with Crippen LogP contribution >= 0.6 is 0 Å². The Morgan fingerprint density at radius 1 is 1.04 bits per heavy atom. The van der Waals surface area contributed by atoms with E-state index in [4.69, 9.17) is 9.15 Å². The highest BCUT2D eigenvalue weighted by Crippen LogP contribution is 2.19. The van der Waals surface area contributed by atoms with Crippen molar-refractivity contribution in [2.45, 2.75) is 6.54 Å². The number of furan rings is 1. The van der Waals surface area contributed by atoms with E-state index in [2.05, 4.69) is 17.0 Å². The van der Waals surface area contributed by atoms with Crippen molar-refractivity contribution >= 4 is 16.9 Å². The van der Waals surface area contributed by atoms with Gasteiger partial charge in [0, 0.05) is 32.1 Å². The molecule has 0 aliphatic carbocycles. The molecule has 0 unspecified atom stereocenters. The number of rotatable bonds is 7. The summed E-state index contributed by atoms with van der Waals surface area (Å²) in [6.45, 7) is 2.22. The number of benzene rings is 2. The minimum Gasteiger partial charge on any atom is -0.497 e. The van der Waals surface area contributed by atoms with Crippen molar-refractivity contribution in [1.82, 2.24) is 9.80 Å². The van der Waals surface area contributed by atoms with Gasteiger partial charge in [0.05, 0.1) is 7.11 Å². The molecule has 0 aliphatic rings. The lowest BCUT2D eigenvalue weighted by molar-refractivity contribution is 0.0752. The smallest absolute Gasteiger partial charge is 0.289 e. The van der Waals surface area contributed by atoms with Gasteiger partial charge < -0.3 is 19.0 Å².